The highest BCUT2D eigenvalue weighted by Gasteiger charge is 1.09. The third-order valence-electron chi connectivity index (χ3n) is 0. The van der Waals surface area contributed by atoms with Crippen molar-refractivity contribution >= 4 is 0 Å². The molecular weight excluding hydrogens is 48.0 g/mol. The lowest BCUT2D eigenvalue weighted by Gasteiger charge is -1.23. The zero-order chi connectivity index (χ0) is 6.83. The molecular formula is C4H11-. The van der Waals surface area contributed by atoms with E-state index in [1.165, 1.54) is 0 Å². The number of hydrogen-bond donors (Lipinski definition) is 0. The molecule has 0 heterocycles. The van der Waals surface area contributed by atoms with Crippen LogP contribution in [0, 0.1) is 12.3 Å². The second-order valence-corrected chi connectivity index (χ2v) is 0.177. The maximum absolute atomic E-state index is 6.31. The van der Waals surface area contributed by atoms with E-state index in [4.69, 9.17) is 5.48 Å². The van der Waals surface area contributed by atoms with Crippen molar-refractivity contribution in [3.05, 3.63) is 0 Å². The summed E-state index contributed by atoms with van der Waals surface area (Å²) >= 11 is 0. The van der Waals surface area contributed by atoms with Crippen LogP contribution in [0.1, 0.15) is 22.6 Å². The Balaban J connectivity index is -0.0000000326. The van der Waals surface area contributed by atoms with Gasteiger partial charge < -0.3 is 1.43 Å². The van der Waals surface area contributed by atoms with Crippen LogP contribution in [0.2, 0.25) is 0 Å². The Morgan fingerprint density at radius 1 is 3.50 bits per heavy atom. The lowest BCUT2D eigenvalue weighted by Crippen LogP contribution is -1.10. The smallest absolute Gasteiger partial charge is 0.124 e. The number of rotatable bonds is 0. The first-order valence-electron chi connectivity index (χ1n) is 3.22. The summed E-state index contributed by atoms with van der Waals surface area (Å²) in [7, 11) is -0.250. The van der Waals surface area contributed by atoms with Crippen LogP contribution in [-0.4, -0.2) is 0 Å². The Bertz CT molecular complexity index is 71.6. The largest absolute Gasteiger partial charge is 1.00 e. The van der Waals surface area contributed by atoms with Crippen LogP contribution < -0.4 is 0 Å². The first-order chi connectivity index (χ1) is 3.83. The molecule has 0 spiro atoms. The van der Waals surface area contributed by atoms with Crippen LogP contribution in [0.5, 0.6) is 0 Å². The summed E-state index contributed by atoms with van der Waals surface area (Å²) in [6.07, 6.45) is 1.83. The van der Waals surface area contributed by atoms with Crippen molar-refractivity contribution in [1.82, 2.24) is 0 Å². The quantitative estimate of drug-likeness (QED) is 0.381. The maximum Gasteiger partial charge on any atom is 0.124 e. The second kappa shape index (κ2) is 19.9. The van der Waals surface area contributed by atoms with E-state index in [9.17, 15) is 0 Å². The SMILES string of the molecule is [3H-].[3HH].[3H]C#CC[3H].[3H]C[3H]. The molecule has 0 aliphatic rings. The molecule has 0 heteroatoms. The van der Waals surface area contributed by atoms with E-state index in [2.05, 4.69) is 5.92 Å². The zero-order valence-electron chi connectivity index (χ0n) is 7.41. The van der Waals surface area contributed by atoms with E-state index in [1.54, 1.807) is 0 Å². The van der Waals surface area contributed by atoms with Crippen molar-refractivity contribution in [2.75, 3.05) is 0 Å². The van der Waals surface area contributed by atoms with Gasteiger partial charge in [-0.05, 0) is 6.90 Å². The standard InChI is InChI=1S/C3H4.CH4.H2.H/c1-3-2;;;/h1H,2H3;1H4;1H;/q;;;-1/i1T,2T;1T2;2*1+2. The van der Waals surface area contributed by atoms with Crippen molar-refractivity contribution in [2.24, 2.45) is 0 Å². The van der Waals surface area contributed by atoms with Gasteiger partial charge in [-0.25, -0.2) is 0 Å². The summed E-state index contributed by atoms with van der Waals surface area (Å²) in [6, 6.07) is 0. The van der Waals surface area contributed by atoms with Gasteiger partial charge in [0.15, 0.2) is 0 Å². The van der Waals surface area contributed by atoms with Crippen molar-refractivity contribution in [3.8, 4) is 12.3 Å². The Kier molecular flexibility index (Phi) is 3.75. The normalized spacial score (nSPS) is 12.0. The van der Waals surface area contributed by atoms with Gasteiger partial charge in [0.05, 0.1) is 0 Å². The van der Waals surface area contributed by atoms with Crippen LogP contribution in [-0.2, 0) is 0 Å². The molecule has 0 aliphatic heterocycles. The number of terminal acetylenes is 1. The second-order valence-electron chi connectivity index (χ2n) is 0.177. The minimum Gasteiger partial charge on any atom is -1.00 e. The van der Waals surface area contributed by atoms with Crippen LogP contribution >= 0.6 is 0 Å². The molecule has 0 N–H and O–H groups in total. The Labute approximate surface area is 36.4 Å². The molecule has 0 radical (unpaired) electrons. The molecule has 0 amide bonds. The fourth-order valence-electron chi connectivity index (χ4n) is 0. The third kappa shape index (κ3) is 2.53. The van der Waals surface area contributed by atoms with Crippen LogP contribution in [0.15, 0.2) is 0 Å². The van der Waals surface area contributed by atoms with Gasteiger partial charge in [0.1, 0.15) is 1.37 Å². The molecule has 0 aromatic heterocycles. The van der Waals surface area contributed by atoms with E-state index < -0.39 is 0 Å². The predicted molar refractivity (Wildman–Crippen MR) is 24.5 cm³/mol. The highest BCUT2D eigenvalue weighted by atomic mass is 13.2. The first-order valence-corrected chi connectivity index (χ1v) is 0.604. The van der Waals surface area contributed by atoms with Gasteiger partial charge in [-0.15, -0.1) is 12.3 Å². The fraction of sp³-hybridized carbons (Fsp3) is 0.500. The van der Waals surface area contributed by atoms with Gasteiger partial charge in [0.2, 0.25) is 0 Å². The molecule has 0 bridgehead atoms. The summed E-state index contributed by atoms with van der Waals surface area (Å²) in [5.41, 5.74) is 0. The molecule has 0 atom stereocenters. The van der Waals surface area contributed by atoms with E-state index in [0.717, 1.165) is 0 Å². The van der Waals surface area contributed by atoms with Crippen molar-refractivity contribution < 1.29 is 8.34 Å². The minimum atomic E-state index is -0.250. The van der Waals surface area contributed by atoms with Gasteiger partial charge in [0.25, 0.3) is 0 Å². The maximum atomic E-state index is 6.31. The molecule has 0 saturated heterocycles. The monoisotopic (exact) mass is 71.1 g/mol. The summed E-state index contributed by atoms with van der Waals surface area (Å²) < 4.78 is 24.2. The molecule has 0 aliphatic carbocycles. The Morgan fingerprint density at radius 3 is 4.25 bits per heavy atom. The summed E-state index contributed by atoms with van der Waals surface area (Å²) in [5, 5.41) is 0. The summed E-state index contributed by atoms with van der Waals surface area (Å²) in [5.74, 6) is 2.19. The Morgan fingerprint density at radius 2 is 4.25 bits per heavy atom. The molecule has 0 fully saturated rings. The average molecular weight is 71.2 g/mol. The van der Waals surface area contributed by atoms with Crippen LogP contribution in [0.3, 0.4) is 0 Å². The summed E-state index contributed by atoms with van der Waals surface area (Å²) in [6.45, 7) is 0.0451. The first kappa shape index (κ1) is 0.755. The molecule has 0 aromatic rings. The zero-order valence-corrected chi connectivity index (χ0v) is 2.41. The third-order valence-corrected chi connectivity index (χ3v) is 0. The van der Waals surface area contributed by atoms with E-state index in [1.807, 2.05) is 6.40 Å². The van der Waals surface area contributed by atoms with E-state index in [-0.39, 0.29) is 17.1 Å². The molecule has 28 valence electrons. The minimum absolute atomic E-state index is 0. The van der Waals surface area contributed by atoms with E-state index >= 15 is 0 Å². The van der Waals surface area contributed by atoms with Gasteiger partial charge in [-0.3, -0.25) is 0 Å². The van der Waals surface area contributed by atoms with E-state index in [0.29, 0.717) is 0 Å². The number of hydrogen-bond acceptors (Lipinski definition) is 0. The van der Waals surface area contributed by atoms with Crippen molar-refractivity contribution in [2.45, 2.75) is 14.3 Å². The van der Waals surface area contributed by atoms with Gasteiger partial charge in [-0.2, -0.15) is 0 Å². The molecule has 0 rings (SSSR count). The molecule has 0 unspecified atom stereocenters. The van der Waals surface area contributed by atoms with Crippen molar-refractivity contribution in [1.29, 1.82) is 0 Å². The molecule has 0 aromatic carbocycles. The molecule has 4 heavy (non-hydrogen) atoms. The lowest BCUT2D eigenvalue weighted by molar-refractivity contribution is 1.94. The van der Waals surface area contributed by atoms with Crippen LogP contribution in [0.25, 0.3) is 0 Å². The highest BCUT2D eigenvalue weighted by molar-refractivity contribution is 4.73. The fourth-order valence-corrected chi connectivity index (χ4v) is 0. The topological polar surface area (TPSA) is 0 Å². The highest BCUT2D eigenvalue weighted by Crippen LogP contribution is 1.21. The van der Waals surface area contributed by atoms with Crippen molar-refractivity contribution in [3.63, 3.8) is 0 Å². The van der Waals surface area contributed by atoms with Gasteiger partial charge in [-0.1, -0.05) is 7.38 Å². The van der Waals surface area contributed by atoms with Gasteiger partial charge >= 0.3 is 0 Å². The molecule has 0 saturated carbocycles. The average Bonchev–Trinajstić information content (AvgIpc) is 1.71. The predicted octanol–water partition coefficient (Wildman–Crippen LogP) is 1.63. The lowest BCUT2D eigenvalue weighted by atomic mass is 10.9. The summed E-state index contributed by atoms with van der Waals surface area (Å²) in [4.78, 5) is 0. The molecule has 0 nitrogen and oxygen atoms in total. The Hall–Kier alpha value is -0.440. The van der Waals surface area contributed by atoms with Gasteiger partial charge in [0, 0.05) is 5.54 Å². The van der Waals surface area contributed by atoms with Crippen LogP contribution in [0.4, 0.5) is 0 Å².